The summed E-state index contributed by atoms with van der Waals surface area (Å²) < 4.78 is 0. The zero-order valence-corrected chi connectivity index (χ0v) is 19.2. The molecule has 2 N–H and O–H groups in total. The Hall–Kier alpha value is -1.46. The van der Waals surface area contributed by atoms with Crippen LogP contribution in [0.5, 0.6) is 0 Å². The first-order valence-corrected chi connectivity index (χ1v) is 11.4. The summed E-state index contributed by atoms with van der Waals surface area (Å²) in [5.74, 6) is 1.11. The lowest BCUT2D eigenvalue weighted by molar-refractivity contribution is 0.139. The first-order chi connectivity index (χ1) is 14.3. The third-order valence-corrected chi connectivity index (χ3v) is 6.65. The van der Waals surface area contributed by atoms with Gasteiger partial charge in [-0.1, -0.05) is 53.6 Å². The average Bonchev–Trinajstić information content (AvgIpc) is 3.15. The van der Waals surface area contributed by atoms with Crippen molar-refractivity contribution >= 4 is 0 Å². The molecule has 3 rings (SSSR count). The summed E-state index contributed by atoms with van der Waals surface area (Å²) in [7, 11) is 6.45. The van der Waals surface area contributed by atoms with Gasteiger partial charge in [0.25, 0.3) is 0 Å². The highest BCUT2D eigenvalue weighted by atomic mass is 16.3. The maximum absolute atomic E-state index is 10.6. The molecule has 0 bridgehead atoms. The molecular formula is C26H40N2O2. The van der Waals surface area contributed by atoms with Gasteiger partial charge in [0.2, 0.25) is 0 Å². The molecule has 1 aromatic rings. The molecule has 0 unspecified atom stereocenters. The maximum atomic E-state index is 10.6. The third-order valence-electron chi connectivity index (χ3n) is 6.65. The molecule has 0 saturated heterocycles. The van der Waals surface area contributed by atoms with Crippen molar-refractivity contribution in [1.29, 1.82) is 0 Å². The molecule has 4 heteroatoms. The minimum atomic E-state index is -0.505. The minimum Gasteiger partial charge on any atom is -0.392 e. The van der Waals surface area contributed by atoms with Crippen LogP contribution >= 0.6 is 0 Å². The van der Waals surface area contributed by atoms with Crippen molar-refractivity contribution in [1.82, 2.24) is 9.80 Å². The second-order valence-corrected chi connectivity index (χ2v) is 9.78. The Balaban J connectivity index is 1.50. The number of likely N-dealkylation sites (N-methyl/N-ethyl adjacent to an activating group) is 1. The van der Waals surface area contributed by atoms with E-state index in [1.807, 2.05) is 12.1 Å². The van der Waals surface area contributed by atoms with Crippen LogP contribution in [-0.4, -0.2) is 73.0 Å². The van der Waals surface area contributed by atoms with Gasteiger partial charge in [0.1, 0.15) is 0 Å². The number of allylic oxidation sites excluding steroid dienone is 1. The molecule has 0 aromatic heterocycles. The average molecular weight is 413 g/mol. The first-order valence-electron chi connectivity index (χ1n) is 11.4. The number of aliphatic hydroxyl groups excluding tert-OH is 2. The summed E-state index contributed by atoms with van der Waals surface area (Å²) in [5, 5.41) is 21.1. The number of rotatable bonds is 10. The van der Waals surface area contributed by atoms with E-state index in [-0.39, 0.29) is 12.0 Å². The molecule has 0 aliphatic heterocycles. The van der Waals surface area contributed by atoms with E-state index in [0.717, 1.165) is 38.0 Å². The Bertz CT molecular complexity index is 742. The van der Waals surface area contributed by atoms with Gasteiger partial charge in [-0.3, -0.25) is 0 Å². The predicted octanol–water partition coefficient (Wildman–Crippen LogP) is 3.28. The zero-order valence-electron chi connectivity index (χ0n) is 19.2. The summed E-state index contributed by atoms with van der Waals surface area (Å²) in [4.78, 5) is 4.65. The normalized spacial score (nSPS) is 27.3. The predicted molar refractivity (Wildman–Crippen MR) is 124 cm³/mol. The summed E-state index contributed by atoms with van der Waals surface area (Å²) in [6.07, 6.45) is 9.35. The number of hydrogen-bond donors (Lipinski definition) is 2. The molecule has 2 aliphatic carbocycles. The second-order valence-electron chi connectivity index (χ2n) is 9.78. The summed E-state index contributed by atoms with van der Waals surface area (Å²) >= 11 is 0. The van der Waals surface area contributed by atoms with Gasteiger partial charge in [-0.2, -0.15) is 0 Å². The maximum Gasteiger partial charge on any atom is 0.0761 e. The van der Waals surface area contributed by atoms with E-state index >= 15 is 0 Å². The van der Waals surface area contributed by atoms with E-state index in [9.17, 15) is 10.2 Å². The highest BCUT2D eigenvalue weighted by Crippen LogP contribution is 2.47. The summed E-state index contributed by atoms with van der Waals surface area (Å²) in [6.45, 7) is 5.34. The summed E-state index contributed by atoms with van der Waals surface area (Å²) in [5.41, 5.74) is 3.89. The highest BCUT2D eigenvalue weighted by Gasteiger charge is 2.43. The van der Waals surface area contributed by atoms with E-state index < -0.39 is 6.10 Å². The standard InChI is InChI=1S/C26H40N2O2/c1-19-7-5-8-20(13-19)15-23(29)9-10-24-25-16-21(14-22(25)17-26(24)30)18-28(4)12-6-11-27(2)3/h5,7-10,13-14,22-26,29-30H,6,11-12,15-18H2,1-4H3/t22-,23+,24+,25-,26+/m0/s1. The number of aliphatic hydroxyl groups is 2. The molecule has 166 valence electrons. The molecule has 1 aromatic carbocycles. The lowest BCUT2D eigenvalue weighted by Crippen LogP contribution is -2.26. The van der Waals surface area contributed by atoms with Crippen molar-refractivity contribution in [2.75, 3.05) is 40.8 Å². The fourth-order valence-corrected chi connectivity index (χ4v) is 5.21. The Kier molecular flexibility index (Phi) is 8.29. The quantitative estimate of drug-likeness (QED) is 0.579. The Morgan fingerprint density at radius 3 is 2.73 bits per heavy atom. The van der Waals surface area contributed by atoms with Crippen LogP contribution in [0.4, 0.5) is 0 Å². The Morgan fingerprint density at radius 1 is 1.20 bits per heavy atom. The molecule has 2 aliphatic rings. The lowest BCUT2D eigenvalue weighted by atomic mass is 9.89. The molecule has 1 saturated carbocycles. The van der Waals surface area contributed by atoms with Gasteiger partial charge in [0.15, 0.2) is 0 Å². The van der Waals surface area contributed by atoms with Crippen molar-refractivity contribution in [3.05, 3.63) is 59.2 Å². The van der Waals surface area contributed by atoms with Crippen molar-refractivity contribution in [3.63, 3.8) is 0 Å². The Labute approximate surface area is 182 Å². The fraction of sp³-hybridized carbons (Fsp3) is 0.615. The Morgan fingerprint density at radius 2 is 2.00 bits per heavy atom. The zero-order chi connectivity index (χ0) is 21.7. The number of nitrogens with zero attached hydrogens (tertiary/aromatic N) is 2. The lowest BCUT2D eigenvalue weighted by Gasteiger charge is -2.21. The topological polar surface area (TPSA) is 46.9 Å². The molecule has 30 heavy (non-hydrogen) atoms. The van der Waals surface area contributed by atoms with Crippen LogP contribution < -0.4 is 0 Å². The number of aryl methyl sites for hydroxylation is 1. The van der Waals surface area contributed by atoms with Gasteiger partial charge in [-0.05, 0) is 77.8 Å². The van der Waals surface area contributed by atoms with Crippen LogP contribution in [-0.2, 0) is 6.42 Å². The fourth-order valence-electron chi connectivity index (χ4n) is 5.21. The van der Waals surface area contributed by atoms with Gasteiger partial charge in [-0.15, -0.1) is 0 Å². The monoisotopic (exact) mass is 412 g/mol. The third kappa shape index (κ3) is 6.52. The SMILES string of the molecule is Cc1cccc(C[C@H](O)C=C[C@@H]2[C@H]3CC(CN(C)CCCN(C)C)=C[C@H]3C[C@H]2O)c1. The van der Waals surface area contributed by atoms with Crippen LogP contribution in [0.2, 0.25) is 0 Å². The van der Waals surface area contributed by atoms with Gasteiger partial charge >= 0.3 is 0 Å². The van der Waals surface area contributed by atoms with Gasteiger partial charge in [0.05, 0.1) is 12.2 Å². The molecule has 5 atom stereocenters. The van der Waals surface area contributed by atoms with Crippen LogP contribution in [0.3, 0.4) is 0 Å². The smallest absolute Gasteiger partial charge is 0.0761 e. The number of benzene rings is 1. The number of hydrogen-bond acceptors (Lipinski definition) is 4. The van der Waals surface area contributed by atoms with Crippen LogP contribution in [0.15, 0.2) is 48.1 Å². The van der Waals surface area contributed by atoms with E-state index in [2.05, 4.69) is 68.2 Å². The second kappa shape index (κ2) is 10.7. The molecule has 1 fully saturated rings. The van der Waals surface area contributed by atoms with Gasteiger partial charge in [0, 0.05) is 18.9 Å². The molecule has 0 heterocycles. The van der Waals surface area contributed by atoms with E-state index in [4.69, 9.17) is 0 Å². The van der Waals surface area contributed by atoms with Crippen LogP contribution in [0.25, 0.3) is 0 Å². The van der Waals surface area contributed by atoms with Gasteiger partial charge < -0.3 is 20.0 Å². The van der Waals surface area contributed by atoms with Crippen molar-refractivity contribution in [3.8, 4) is 0 Å². The van der Waals surface area contributed by atoms with Crippen molar-refractivity contribution in [2.24, 2.45) is 17.8 Å². The van der Waals surface area contributed by atoms with Gasteiger partial charge in [-0.25, -0.2) is 0 Å². The van der Waals surface area contributed by atoms with Crippen LogP contribution in [0, 0.1) is 24.7 Å². The molecule has 0 radical (unpaired) electrons. The first kappa shape index (κ1) is 23.2. The van der Waals surface area contributed by atoms with E-state index in [0.29, 0.717) is 18.3 Å². The molecule has 4 nitrogen and oxygen atoms in total. The molecule has 0 spiro atoms. The highest BCUT2D eigenvalue weighted by molar-refractivity contribution is 5.24. The summed E-state index contributed by atoms with van der Waals surface area (Å²) in [6, 6.07) is 8.30. The van der Waals surface area contributed by atoms with Crippen molar-refractivity contribution in [2.45, 2.75) is 44.8 Å². The minimum absolute atomic E-state index is 0.148. The molecule has 0 amide bonds. The van der Waals surface area contributed by atoms with Crippen LogP contribution in [0.1, 0.15) is 30.4 Å². The molecular weight excluding hydrogens is 372 g/mol. The van der Waals surface area contributed by atoms with E-state index in [1.54, 1.807) is 0 Å². The van der Waals surface area contributed by atoms with E-state index in [1.165, 1.54) is 17.6 Å². The van der Waals surface area contributed by atoms with Crippen molar-refractivity contribution < 1.29 is 10.2 Å². The largest absolute Gasteiger partial charge is 0.392 e. The number of fused-ring (bicyclic) bond motifs is 1.